The van der Waals surface area contributed by atoms with Gasteiger partial charge in [-0.25, -0.2) is 0 Å². The first kappa shape index (κ1) is 12.7. The molecule has 0 bridgehead atoms. The van der Waals surface area contributed by atoms with Gasteiger partial charge in [0.05, 0.1) is 19.6 Å². The van der Waals surface area contributed by atoms with Crippen LogP contribution < -0.4 is 5.32 Å². The number of halogens is 1. The number of alkyl halides is 1. The van der Waals surface area contributed by atoms with Gasteiger partial charge in [-0.1, -0.05) is 22.6 Å². The Morgan fingerprint density at radius 2 is 2.40 bits per heavy atom. The maximum absolute atomic E-state index is 11.5. The molecule has 1 N–H and O–H groups in total. The maximum atomic E-state index is 11.5. The molecule has 2 atom stereocenters. The number of carbonyl (C=O) groups is 2. The molecule has 15 heavy (non-hydrogen) atoms. The molecule has 1 fully saturated rings. The van der Waals surface area contributed by atoms with Gasteiger partial charge in [0.15, 0.2) is 0 Å². The Morgan fingerprint density at radius 1 is 1.67 bits per heavy atom. The molecule has 2 unspecified atom stereocenters. The van der Waals surface area contributed by atoms with E-state index >= 15 is 0 Å². The van der Waals surface area contributed by atoms with Crippen LogP contribution in [0.4, 0.5) is 0 Å². The van der Waals surface area contributed by atoms with Crippen molar-refractivity contribution in [1.29, 1.82) is 0 Å². The molecule has 1 amide bonds. The molecule has 0 saturated carbocycles. The second kappa shape index (κ2) is 6.26. The van der Waals surface area contributed by atoms with Gasteiger partial charge in [-0.15, -0.1) is 0 Å². The zero-order valence-corrected chi connectivity index (χ0v) is 10.7. The lowest BCUT2D eigenvalue weighted by molar-refractivity contribution is -0.139. The summed E-state index contributed by atoms with van der Waals surface area (Å²) in [6.45, 7) is 1.43. The number of carbonyl (C=O) groups excluding carboxylic acids is 2. The fourth-order valence-corrected chi connectivity index (χ4v) is 1.76. The number of hydrogen-bond donors (Lipinski definition) is 1. The van der Waals surface area contributed by atoms with Crippen molar-refractivity contribution in [3.8, 4) is 0 Å². The highest BCUT2D eigenvalue weighted by Crippen LogP contribution is 2.12. The molecule has 86 valence electrons. The summed E-state index contributed by atoms with van der Waals surface area (Å²) in [5.41, 5.74) is 0. The average molecular weight is 327 g/mol. The van der Waals surface area contributed by atoms with E-state index in [-0.39, 0.29) is 21.7 Å². The smallest absolute Gasteiger partial charge is 0.320 e. The third kappa shape index (κ3) is 3.94. The lowest BCUT2D eigenvalue weighted by Crippen LogP contribution is -2.37. The molecule has 5 nitrogen and oxygen atoms in total. The zero-order chi connectivity index (χ0) is 11.3. The van der Waals surface area contributed by atoms with Gasteiger partial charge in [-0.3, -0.25) is 9.59 Å². The maximum Gasteiger partial charge on any atom is 0.320 e. The summed E-state index contributed by atoms with van der Waals surface area (Å²) in [7, 11) is 1.33. The summed E-state index contributed by atoms with van der Waals surface area (Å²) < 4.78 is 9.31. The topological polar surface area (TPSA) is 64.6 Å². The zero-order valence-electron chi connectivity index (χ0n) is 8.49. The third-order valence-electron chi connectivity index (χ3n) is 2.21. The number of esters is 1. The summed E-state index contributed by atoms with van der Waals surface area (Å²) in [6.07, 6.45) is 0.760. The van der Waals surface area contributed by atoms with Gasteiger partial charge < -0.3 is 14.8 Å². The van der Waals surface area contributed by atoms with Gasteiger partial charge in [0.2, 0.25) is 5.91 Å². The number of amides is 1. The number of methoxy groups -OCH3 is 1. The van der Waals surface area contributed by atoms with Crippen LogP contribution in [-0.2, 0) is 19.1 Å². The highest BCUT2D eigenvalue weighted by molar-refractivity contribution is 14.1. The number of rotatable bonds is 4. The fraction of sp³-hybridized carbons (Fsp3) is 0.778. The van der Waals surface area contributed by atoms with Gasteiger partial charge in [0, 0.05) is 13.2 Å². The van der Waals surface area contributed by atoms with Crippen molar-refractivity contribution in [2.24, 2.45) is 5.92 Å². The summed E-state index contributed by atoms with van der Waals surface area (Å²) >= 11 is 1.94. The van der Waals surface area contributed by atoms with E-state index in [0.29, 0.717) is 19.8 Å². The van der Waals surface area contributed by atoms with Crippen molar-refractivity contribution in [2.75, 3.05) is 26.9 Å². The molecule has 1 saturated heterocycles. The van der Waals surface area contributed by atoms with Crippen molar-refractivity contribution in [3.05, 3.63) is 0 Å². The Balaban J connectivity index is 2.24. The van der Waals surface area contributed by atoms with E-state index in [1.165, 1.54) is 7.11 Å². The minimum absolute atomic E-state index is 0.0435. The lowest BCUT2D eigenvalue weighted by Gasteiger charge is -2.11. The highest BCUT2D eigenvalue weighted by atomic mass is 127. The first-order valence-corrected chi connectivity index (χ1v) is 5.97. The SMILES string of the molecule is COC(=O)C(I)CNC(=O)C1CCOC1. The largest absolute Gasteiger partial charge is 0.468 e. The van der Waals surface area contributed by atoms with Gasteiger partial charge in [-0.05, 0) is 6.42 Å². The van der Waals surface area contributed by atoms with Crippen LogP contribution in [-0.4, -0.2) is 42.7 Å². The van der Waals surface area contributed by atoms with E-state index in [2.05, 4.69) is 10.1 Å². The molecule has 0 aliphatic carbocycles. The van der Waals surface area contributed by atoms with Crippen LogP contribution in [0.15, 0.2) is 0 Å². The van der Waals surface area contributed by atoms with Crippen LogP contribution >= 0.6 is 22.6 Å². The minimum atomic E-state index is -0.334. The van der Waals surface area contributed by atoms with Crippen molar-refractivity contribution in [1.82, 2.24) is 5.32 Å². The van der Waals surface area contributed by atoms with Crippen molar-refractivity contribution < 1.29 is 19.1 Å². The number of hydrogen-bond acceptors (Lipinski definition) is 4. The normalized spacial score (nSPS) is 22.1. The van der Waals surface area contributed by atoms with Crippen molar-refractivity contribution in [3.63, 3.8) is 0 Å². The van der Waals surface area contributed by atoms with Gasteiger partial charge in [-0.2, -0.15) is 0 Å². The summed E-state index contributed by atoms with van der Waals surface area (Å²) in [6, 6.07) is 0. The minimum Gasteiger partial charge on any atom is -0.468 e. The molecule has 1 heterocycles. The van der Waals surface area contributed by atoms with E-state index < -0.39 is 0 Å². The molecule has 1 aliphatic heterocycles. The van der Waals surface area contributed by atoms with E-state index in [0.717, 1.165) is 6.42 Å². The predicted molar refractivity (Wildman–Crippen MR) is 61.8 cm³/mol. The summed E-state index contributed by atoms with van der Waals surface area (Å²) in [5.74, 6) is -0.428. The molecule has 0 aromatic rings. The Bertz CT molecular complexity index is 240. The quantitative estimate of drug-likeness (QED) is 0.452. The summed E-state index contributed by atoms with van der Waals surface area (Å²) in [4.78, 5) is 22.6. The molecular formula is C9H14INO4. The van der Waals surface area contributed by atoms with E-state index in [1.807, 2.05) is 22.6 Å². The van der Waals surface area contributed by atoms with Gasteiger partial charge >= 0.3 is 5.97 Å². The van der Waals surface area contributed by atoms with Crippen molar-refractivity contribution >= 4 is 34.5 Å². The van der Waals surface area contributed by atoms with Gasteiger partial charge in [0.1, 0.15) is 3.92 Å². The third-order valence-corrected chi connectivity index (χ3v) is 3.16. The molecule has 0 aromatic heterocycles. The Hall–Kier alpha value is -0.370. The monoisotopic (exact) mass is 327 g/mol. The Morgan fingerprint density at radius 3 is 2.93 bits per heavy atom. The standard InChI is InChI=1S/C9H14INO4/c1-14-9(13)7(10)4-11-8(12)6-2-3-15-5-6/h6-7H,2-5H2,1H3,(H,11,12). The first-order chi connectivity index (χ1) is 7.15. The predicted octanol–water partition coefficient (Wildman–Crippen LogP) is 0.116. The second-order valence-electron chi connectivity index (χ2n) is 3.30. The Labute approximate surface area is 102 Å². The van der Waals surface area contributed by atoms with Crippen LogP contribution in [0.3, 0.4) is 0 Å². The number of nitrogens with one attached hydrogen (secondary N) is 1. The van der Waals surface area contributed by atoms with Crippen LogP contribution in [0.2, 0.25) is 0 Å². The molecule has 1 rings (SSSR count). The van der Waals surface area contributed by atoms with Gasteiger partial charge in [0.25, 0.3) is 0 Å². The van der Waals surface area contributed by atoms with Crippen LogP contribution in [0.1, 0.15) is 6.42 Å². The van der Waals surface area contributed by atoms with Crippen LogP contribution in [0.25, 0.3) is 0 Å². The lowest BCUT2D eigenvalue weighted by atomic mass is 10.1. The fourth-order valence-electron chi connectivity index (χ4n) is 1.29. The molecule has 0 radical (unpaired) electrons. The molecule has 6 heteroatoms. The molecule has 1 aliphatic rings. The molecule has 0 spiro atoms. The van der Waals surface area contributed by atoms with E-state index in [9.17, 15) is 9.59 Å². The number of ether oxygens (including phenoxy) is 2. The van der Waals surface area contributed by atoms with E-state index in [4.69, 9.17) is 4.74 Å². The second-order valence-corrected chi connectivity index (χ2v) is 4.80. The average Bonchev–Trinajstić information content (AvgIpc) is 2.77. The van der Waals surface area contributed by atoms with Crippen LogP contribution in [0, 0.1) is 5.92 Å². The molecular weight excluding hydrogens is 313 g/mol. The summed E-state index contributed by atoms with van der Waals surface area (Å²) in [5, 5.41) is 2.71. The highest BCUT2D eigenvalue weighted by Gasteiger charge is 2.24. The van der Waals surface area contributed by atoms with E-state index in [1.54, 1.807) is 0 Å². The van der Waals surface area contributed by atoms with Crippen LogP contribution in [0.5, 0.6) is 0 Å². The molecule has 0 aromatic carbocycles. The first-order valence-electron chi connectivity index (χ1n) is 4.72. The van der Waals surface area contributed by atoms with Crippen molar-refractivity contribution in [2.45, 2.75) is 10.3 Å². The Kier molecular flexibility index (Phi) is 5.30.